The third-order valence-corrected chi connectivity index (χ3v) is 4.32. The molecule has 1 aliphatic heterocycles. The van der Waals surface area contributed by atoms with Gasteiger partial charge >= 0.3 is 5.97 Å². The number of likely N-dealkylation sites (tertiary alicyclic amines) is 1. The number of para-hydroxylation sites is 1. The fourth-order valence-electron chi connectivity index (χ4n) is 3.06. The van der Waals surface area contributed by atoms with E-state index in [-0.39, 0.29) is 18.2 Å². The number of fused-ring (bicyclic) bond motifs is 1. The van der Waals surface area contributed by atoms with Crippen LogP contribution in [0.3, 0.4) is 0 Å². The molecule has 2 aromatic rings. The zero-order valence-electron chi connectivity index (χ0n) is 12.5. The number of nitrogens with zero attached hydrogens (tertiary/aromatic N) is 1. The third kappa shape index (κ3) is 2.84. The monoisotopic (exact) mass is 301 g/mol. The number of carbonyl (C=O) groups is 2. The van der Waals surface area contributed by atoms with Crippen LogP contribution in [0.1, 0.15) is 35.4 Å². The van der Waals surface area contributed by atoms with Crippen LogP contribution in [0.2, 0.25) is 0 Å². The van der Waals surface area contributed by atoms with Gasteiger partial charge in [0.1, 0.15) is 5.58 Å². The second-order valence-electron chi connectivity index (χ2n) is 5.94. The summed E-state index contributed by atoms with van der Waals surface area (Å²) < 4.78 is 5.72. The Morgan fingerprint density at radius 1 is 1.32 bits per heavy atom. The SMILES string of the molecule is Cc1cccc2cc(C(=O)N3CCC(CC(=O)O)CC3)oc12. The Kier molecular flexibility index (Phi) is 3.88. The highest BCUT2D eigenvalue weighted by Gasteiger charge is 2.26. The highest BCUT2D eigenvalue weighted by Crippen LogP contribution is 2.26. The number of carboxylic acid groups (broad SMARTS) is 1. The number of carbonyl (C=O) groups excluding carboxylic acids is 1. The average molecular weight is 301 g/mol. The molecule has 0 unspecified atom stereocenters. The van der Waals surface area contributed by atoms with Crippen molar-refractivity contribution in [2.45, 2.75) is 26.2 Å². The number of hydrogen-bond acceptors (Lipinski definition) is 3. The lowest BCUT2D eigenvalue weighted by Crippen LogP contribution is -2.38. The van der Waals surface area contributed by atoms with E-state index in [1.165, 1.54) is 0 Å². The van der Waals surface area contributed by atoms with E-state index in [0.29, 0.717) is 18.8 Å². The number of aliphatic carboxylic acids is 1. The van der Waals surface area contributed by atoms with Crippen molar-refractivity contribution in [3.8, 4) is 0 Å². The molecule has 2 heterocycles. The van der Waals surface area contributed by atoms with Gasteiger partial charge in [-0.05, 0) is 37.3 Å². The first-order valence-corrected chi connectivity index (χ1v) is 7.55. The van der Waals surface area contributed by atoms with Crippen molar-refractivity contribution < 1.29 is 19.1 Å². The van der Waals surface area contributed by atoms with E-state index in [9.17, 15) is 9.59 Å². The van der Waals surface area contributed by atoms with Crippen LogP contribution < -0.4 is 0 Å². The maximum atomic E-state index is 12.5. The number of aryl methyl sites for hydroxylation is 1. The van der Waals surface area contributed by atoms with E-state index < -0.39 is 5.97 Å². The molecule has 5 nitrogen and oxygen atoms in total. The lowest BCUT2D eigenvalue weighted by Gasteiger charge is -2.30. The quantitative estimate of drug-likeness (QED) is 0.945. The van der Waals surface area contributed by atoms with Crippen molar-refractivity contribution >= 4 is 22.8 Å². The normalized spacial score (nSPS) is 16.1. The minimum absolute atomic E-state index is 0.107. The summed E-state index contributed by atoms with van der Waals surface area (Å²) in [4.78, 5) is 25.0. The van der Waals surface area contributed by atoms with Gasteiger partial charge in [-0.2, -0.15) is 0 Å². The first-order chi connectivity index (χ1) is 10.5. The number of hydrogen-bond donors (Lipinski definition) is 1. The molecule has 3 rings (SSSR count). The van der Waals surface area contributed by atoms with Crippen LogP contribution >= 0.6 is 0 Å². The minimum atomic E-state index is -0.766. The van der Waals surface area contributed by atoms with Crippen molar-refractivity contribution in [3.63, 3.8) is 0 Å². The minimum Gasteiger partial charge on any atom is -0.481 e. The van der Waals surface area contributed by atoms with Crippen molar-refractivity contribution in [1.29, 1.82) is 0 Å². The van der Waals surface area contributed by atoms with E-state index in [1.807, 2.05) is 25.1 Å². The molecule has 1 aromatic heterocycles. The number of amides is 1. The maximum Gasteiger partial charge on any atom is 0.303 e. The van der Waals surface area contributed by atoms with E-state index in [2.05, 4.69) is 0 Å². The van der Waals surface area contributed by atoms with Gasteiger partial charge in [0.2, 0.25) is 0 Å². The largest absolute Gasteiger partial charge is 0.481 e. The van der Waals surface area contributed by atoms with Crippen LogP contribution in [-0.4, -0.2) is 35.0 Å². The molecule has 0 radical (unpaired) electrons. The molecule has 1 saturated heterocycles. The van der Waals surface area contributed by atoms with Crippen molar-refractivity contribution in [3.05, 3.63) is 35.6 Å². The summed E-state index contributed by atoms with van der Waals surface area (Å²) >= 11 is 0. The van der Waals surface area contributed by atoms with Gasteiger partial charge in [0, 0.05) is 24.9 Å². The van der Waals surface area contributed by atoms with Crippen LogP contribution in [0.15, 0.2) is 28.7 Å². The highest BCUT2D eigenvalue weighted by molar-refractivity contribution is 5.96. The van der Waals surface area contributed by atoms with Gasteiger partial charge in [-0.3, -0.25) is 9.59 Å². The standard InChI is InChI=1S/C17H19NO4/c1-11-3-2-4-13-10-14(22-16(11)13)17(21)18-7-5-12(6-8-18)9-15(19)20/h2-4,10,12H,5-9H2,1H3,(H,19,20). The highest BCUT2D eigenvalue weighted by atomic mass is 16.4. The Morgan fingerprint density at radius 2 is 2.05 bits per heavy atom. The zero-order chi connectivity index (χ0) is 15.7. The molecule has 1 N–H and O–H groups in total. The summed E-state index contributed by atoms with van der Waals surface area (Å²) in [6, 6.07) is 7.62. The Hall–Kier alpha value is -2.30. The van der Waals surface area contributed by atoms with Gasteiger partial charge in [0.25, 0.3) is 5.91 Å². The third-order valence-electron chi connectivity index (χ3n) is 4.32. The Morgan fingerprint density at radius 3 is 2.68 bits per heavy atom. The molecule has 0 aliphatic carbocycles. The van der Waals surface area contributed by atoms with Gasteiger partial charge in [0.05, 0.1) is 0 Å². The molecule has 1 fully saturated rings. The van der Waals surface area contributed by atoms with E-state index in [0.717, 1.165) is 29.4 Å². The van der Waals surface area contributed by atoms with Crippen LogP contribution in [0.4, 0.5) is 0 Å². The smallest absolute Gasteiger partial charge is 0.303 e. The van der Waals surface area contributed by atoms with Crippen LogP contribution in [-0.2, 0) is 4.79 Å². The Balaban J connectivity index is 1.71. The molecule has 0 atom stereocenters. The number of rotatable bonds is 3. The number of benzene rings is 1. The van der Waals surface area contributed by atoms with Crippen molar-refractivity contribution in [1.82, 2.24) is 4.90 Å². The Labute approximate surface area is 128 Å². The molecule has 5 heteroatoms. The van der Waals surface area contributed by atoms with Gasteiger partial charge < -0.3 is 14.4 Å². The number of piperidine rings is 1. The molecule has 1 aliphatic rings. The van der Waals surface area contributed by atoms with Gasteiger partial charge in [-0.25, -0.2) is 0 Å². The summed E-state index contributed by atoms with van der Waals surface area (Å²) in [6.45, 7) is 3.14. The molecule has 0 spiro atoms. The maximum absolute atomic E-state index is 12.5. The first-order valence-electron chi connectivity index (χ1n) is 7.55. The van der Waals surface area contributed by atoms with E-state index in [4.69, 9.17) is 9.52 Å². The summed E-state index contributed by atoms with van der Waals surface area (Å²) in [6.07, 6.45) is 1.65. The van der Waals surface area contributed by atoms with Crippen molar-refractivity contribution in [2.75, 3.05) is 13.1 Å². The lowest BCUT2D eigenvalue weighted by atomic mass is 9.93. The second-order valence-corrected chi connectivity index (χ2v) is 5.94. The molecule has 1 aromatic carbocycles. The van der Waals surface area contributed by atoms with Gasteiger partial charge in [-0.15, -0.1) is 0 Å². The van der Waals surface area contributed by atoms with Crippen LogP contribution in [0.25, 0.3) is 11.0 Å². The number of carboxylic acids is 1. The molecular weight excluding hydrogens is 282 g/mol. The first kappa shape index (κ1) is 14.6. The van der Waals surface area contributed by atoms with Crippen molar-refractivity contribution in [2.24, 2.45) is 5.92 Å². The number of furan rings is 1. The molecule has 116 valence electrons. The molecule has 0 saturated carbocycles. The van der Waals surface area contributed by atoms with E-state index >= 15 is 0 Å². The fraction of sp³-hybridized carbons (Fsp3) is 0.412. The molecular formula is C17H19NO4. The van der Waals surface area contributed by atoms with Crippen LogP contribution in [0, 0.1) is 12.8 Å². The average Bonchev–Trinajstić information content (AvgIpc) is 2.92. The topological polar surface area (TPSA) is 70.8 Å². The van der Waals surface area contributed by atoms with E-state index in [1.54, 1.807) is 11.0 Å². The molecule has 1 amide bonds. The second kappa shape index (κ2) is 5.83. The fourth-order valence-corrected chi connectivity index (χ4v) is 3.06. The lowest BCUT2D eigenvalue weighted by molar-refractivity contribution is -0.138. The van der Waals surface area contributed by atoms with Gasteiger partial charge in [-0.1, -0.05) is 18.2 Å². The summed E-state index contributed by atoms with van der Waals surface area (Å²) in [5.74, 6) is -0.345. The van der Waals surface area contributed by atoms with Gasteiger partial charge in [0.15, 0.2) is 5.76 Å². The predicted octanol–water partition coefficient (Wildman–Crippen LogP) is 3.07. The van der Waals surface area contributed by atoms with Crippen LogP contribution in [0.5, 0.6) is 0 Å². The Bertz CT molecular complexity index is 711. The summed E-state index contributed by atoms with van der Waals surface area (Å²) in [5.41, 5.74) is 1.77. The zero-order valence-corrected chi connectivity index (χ0v) is 12.5. The predicted molar refractivity (Wildman–Crippen MR) is 81.8 cm³/mol. The summed E-state index contributed by atoms with van der Waals surface area (Å²) in [5, 5.41) is 9.76. The summed E-state index contributed by atoms with van der Waals surface area (Å²) in [7, 11) is 0. The molecule has 22 heavy (non-hydrogen) atoms. The molecule has 0 bridgehead atoms.